The number of carbonyl (C=O) groups excluding carboxylic acids is 2. The molecule has 0 aromatic heterocycles. The van der Waals surface area contributed by atoms with Gasteiger partial charge in [-0.2, -0.15) is 0 Å². The van der Waals surface area contributed by atoms with E-state index in [1.54, 1.807) is 4.90 Å². The molecule has 0 atom stereocenters. The average molecular weight is 376 g/mol. The Morgan fingerprint density at radius 2 is 1.96 bits per heavy atom. The van der Waals surface area contributed by atoms with E-state index in [9.17, 15) is 9.59 Å². The van der Waals surface area contributed by atoms with Gasteiger partial charge in [0.15, 0.2) is 0 Å². The molecule has 1 saturated heterocycles. The Balaban J connectivity index is 1.74. The Morgan fingerprint density at radius 1 is 1.26 bits per heavy atom. The number of carbonyl (C=O) groups is 2. The van der Waals surface area contributed by atoms with Gasteiger partial charge < -0.3 is 20.3 Å². The third-order valence-electron chi connectivity index (χ3n) is 5.00. The second kappa shape index (κ2) is 10.3. The predicted octanol–water partition coefficient (Wildman–Crippen LogP) is 3.66. The summed E-state index contributed by atoms with van der Waals surface area (Å²) >= 11 is 0. The summed E-state index contributed by atoms with van der Waals surface area (Å²) in [5.74, 6) is 0.394. The summed E-state index contributed by atoms with van der Waals surface area (Å²) in [4.78, 5) is 25.8. The van der Waals surface area contributed by atoms with Gasteiger partial charge in [0.25, 0.3) is 0 Å². The van der Waals surface area contributed by atoms with Gasteiger partial charge in [-0.05, 0) is 43.7 Å². The second-order valence-corrected chi connectivity index (χ2v) is 7.41. The van der Waals surface area contributed by atoms with Gasteiger partial charge in [-0.3, -0.25) is 4.79 Å². The largest absolute Gasteiger partial charge is 0.450 e. The van der Waals surface area contributed by atoms with Crippen molar-refractivity contribution in [2.75, 3.05) is 31.6 Å². The molecule has 2 rings (SSSR count). The molecule has 1 aliphatic rings. The number of hydrogen-bond donors (Lipinski definition) is 2. The van der Waals surface area contributed by atoms with Crippen LogP contribution in [0.3, 0.4) is 0 Å². The number of ether oxygens (including phenoxy) is 1. The zero-order valence-electron chi connectivity index (χ0n) is 17.0. The van der Waals surface area contributed by atoms with E-state index in [-0.39, 0.29) is 12.0 Å². The fraction of sp³-hybridized carbons (Fsp3) is 0.619. The summed E-state index contributed by atoms with van der Waals surface area (Å²) in [5.41, 5.74) is 3.21. The molecule has 1 fully saturated rings. The van der Waals surface area contributed by atoms with Gasteiger partial charge in [-0.1, -0.05) is 32.0 Å². The van der Waals surface area contributed by atoms with Crippen molar-refractivity contribution in [1.29, 1.82) is 0 Å². The zero-order chi connectivity index (χ0) is 19.8. The van der Waals surface area contributed by atoms with Crippen molar-refractivity contribution in [2.24, 2.45) is 0 Å². The van der Waals surface area contributed by atoms with Crippen LogP contribution in [0.15, 0.2) is 18.2 Å². The molecule has 1 aromatic carbocycles. The maximum absolute atomic E-state index is 12.4. The number of nitrogens with one attached hydrogen (secondary N) is 2. The number of likely N-dealkylation sites (tertiary alicyclic amines) is 1. The lowest BCUT2D eigenvalue weighted by Gasteiger charge is -2.31. The van der Waals surface area contributed by atoms with E-state index in [4.69, 9.17) is 4.74 Å². The maximum Gasteiger partial charge on any atom is 0.409 e. The summed E-state index contributed by atoms with van der Waals surface area (Å²) in [6, 6.07) is 6.47. The van der Waals surface area contributed by atoms with Crippen molar-refractivity contribution >= 4 is 17.7 Å². The van der Waals surface area contributed by atoms with E-state index < -0.39 is 0 Å². The average Bonchev–Trinajstić information content (AvgIpc) is 2.64. The first kappa shape index (κ1) is 21.2. The third-order valence-corrected chi connectivity index (χ3v) is 5.00. The number of aryl methyl sites for hydroxylation is 1. The van der Waals surface area contributed by atoms with Gasteiger partial charge in [-0.15, -0.1) is 0 Å². The number of hydrogen-bond acceptors (Lipinski definition) is 4. The predicted molar refractivity (Wildman–Crippen MR) is 108 cm³/mol. The van der Waals surface area contributed by atoms with Crippen LogP contribution in [0.5, 0.6) is 0 Å². The maximum atomic E-state index is 12.4. The molecule has 2 N–H and O–H groups in total. The Kier molecular flexibility index (Phi) is 8.10. The molecule has 0 saturated carbocycles. The van der Waals surface area contributed by atoms with Crippen LogP contribution in [0.1, 0.15) is 57.1 Å². The van der Waals surface area contributed by atoms with E-state index in [0.29, 0.717) is 44.6 Å². The molecule has 6 heteroatoms. The molecule has 150 valence electrons. The molecule has 0 spiro atoms. The van der Waals surface area contributed by atoms with Crippen molar-refractivity contribution < 1.29 is 14.3 Å². The second-order valence-electron chi connectivity index (χ2n) is 7.41. The minimum atomic E-state index is -0.227. The summed E-state index contributed by atoms with van der Waals surface area (Å²) in [6.45, 7) is 10.6. The summed E-state index contributed by atoms with van der Waals surface area (Å²) in [5, 5.41) is 6.53. The number of anilines is 1. The molecular weight excluding hydrogens is 342 g/mol. The van der Waals surface area contributed by atoms with E-state index in [1.165, 1.54) is 5.56 Å². The van der Waals surface area contributed by atoms with Crippen molar-refractivity contribution in [1.82, 2.24) is 10.2 Å². The molecule has 0 radical (unpaired) electrons. The molecule has 27 heavy (non-hydrogen) atoms. The quantitative estimate of drug-likeness (QED) is 0.763. The number of piperidine rings is 1. The number of amides is 2. The molecule has 1 heterocycles. The first-order valence-electron chi connectivity index (χ1n) is 9.96. The van der Waals surface area contributed by atoms with Crippen LogP contribution in [-0.4, -0.2) is 49.2 Å². The first-order valence-corrected chi connectivity index (χ1v) is 9.96. The highest BCUT2D eigenvalue weighted by Crippen LogP contribution is 2.27. The van der Waals surface area contributed by atoms with Crippen LogP contribution in [-0.2, 0) is 9.53 Å². The summed E-state index contributed by atoms with van der Waals surface area (Å²) in [7, 11) is 0. The number of rotatable bonds is 7. The van der Waals surface area contributed by atoms with Crippen LogP contribution in [0, 0.1) is 6.92 Å². The lowest BCUT2D eigenvalue weighted by molar-refractivity contribution is -0.116. The monoisotopic (exact) mass is 375 g/mol. The van der Waals surface area contributed by atoms with E-state index in [1.807, 2.05) is 26.0 Å². The third kappa shape index (κ3) is 6.24. The van der Waals surface area contributed by atoms with Crippen molar-refractivity contribution in [2.45, 2.75) is 58.9 Å². The highest BCUT2D eigenvalue weighted by Gasteiger charge is 2.23. The fourth-order valence-electron chi connectivity index (χ4n) is 3.42. The summed E-state index contributed by atoms with van der Waals surface area (Å²) < 4.78 is 5.04. The van der Waals surface area contributed by atoms with Gasteiger partial charge in [0.2, 0.25) is 5.91 Å². The zero-order valence-corrected chi connectivity index (χ0v) is 17.0. The topological polar surface area (TPSA) is 70.7 Å². The van der Waals surface area contributed by atoms with Crippen LogP contribution >= 0.6 is 0 Å². The first-order chi connectivity index (χ1) is 12.9. The molecule has 1 aliphatic heterocycles. The Hall–Kier alpha value is -2.08. The lowest BCUT2D eigenvalue weighted by atomic mass is 9.98. The minimum absolute atomic E-state index is 0.0302. The van der Waals surface area contributed by atoms with Gasteiger partial charge in [0, 0.05) is 37.8 Å². The molecule has 0 bridgehead atoms. The van der Waals surface area contributed by atoms with Gasteiger partial charge in [-0.25, -0.2) is 4.79 Å². The van der Waals surface area contributed by atoms with Crippen LogP contribution in [0.4, 0.5) is 10.5 Å². The number of nitrogens with zero attached hydrogens (tertiary/aromatic N) is 1. The smallest absolute Gasteiger partial charge is 0.409 e. The summed E-state index contributed by atoms with van der Waals surface area (Å²) in [6.07, 6.45) is 1.98. The van der Waals surface area contributed by atoms with Crippen LogP contribution in [0.25, 0.3) is 0 Å². The standard InChI is InChI=1S/C21H33N3O3/c1-5-27-21(26)24-13-10-17(11-14-24)22-12-9-19(25)23-20-16(4)7-6-8-18(20)15(2)3/h6-8,15,17,22H,5,9-14H2,1-4H3,(H,23,25). The Labute approximate surface area is 162 Å². The van der Waals surface area contributed by atoms with E-state index >= 15 is 0 Å². The van der Waals surface area contributed by atoms with E-state index in [2.05, 4.69) is 30.5 Å². The van der Waals surface area contributed by atoms with Crippen molar-refractivity contribution in [3.8, 4) is 0 Å². The highest BCUT2D eigenvalue weighted by molar-refractivity contribution is 5.92. The fourth-order valence-corrected chi connectivity index (χ4v) is 3.42. The normalized spacial score (nSPS) is 15.1. The molecule has 2 amide bonds. The van der Waals surface area contributed by atoms with Gasteiger partial charge in [0.05, 0.1) is 6.61 Å². The van der Waals surface area contributed by atoms with Crippen LogP contribution < -0.4 is 10.6 Å². The Bertz CT molecular complexity index is 638. The number of para-hydroxylation sites is 1. The van der Waals surface area contributed by atoms with Gasteiger partial charge in [0.1, 0.15) is 0 Å². The molecule has 1 aromatic rings. The highest BCUT2D eigenvalue weighted by atomic mass is 16.6. The van der Waals surface area contributed by atoms with Crippen molar-refractivity contribution in [3.63, 3.8) is 0 Å². The minimum Gasteiger partial charge on any atom is -0.450 e. The molecular formula is C21H33N3O3. The van der Waals surface area contributed by atoms with Crippen molar-refractivity contribution in [3.05, 3.63) is 29.3 Å². The molecule has 0 aliphatic carbocycles. The van der Waals surface area contributed by atoms with Gasteiger partial charge >= 0.3 is 6.09 Å². The lowest BCUT2D eigenvalue weighted by Crippen LogP contribution is -2.45. The van der Waals surface area contributed by atoms with Crippen LogP contribution in [0.2, 0.25) is 0 Å². The SMILES string of the molecule is CCOC(=O)N1CCC(NCCC(=O)Nc2c(C)cccc2C(C)C)CC1. The van der Waals surface area contributed by atoms with E-state index in [0.717, 1.165) is 24.1 Å². The Morgan fingerprint density at radius 3 is 2.59 bits per heavy atom. The molecule has 0 unspecified atom stereocenters. The molecule has 6 nitrogen and oxygen atoms in total. The number of benzene rings is 1.